The fourth-order valence-corrected chi connectivity index (χ4v) is 1.31. The summed E-state index contributed by atoms with van der Waals surface area (Å²) in [5.41, 5.74) is 5.19. The van der Waals surface area contributed by atoms with Gasteiger partial charge in [-0.05, 0) is 13.0 Å². The molecule has 2 N–H and O–H groups in total. The van der Waals surface area contributed by atoms with E-state index in [0.29, 0.717) is 12.4 Å². The summed E-state index contributed by atoms with van der Waals surface area (Å²) in [6.45, 7) is 2.00. The highest BCUT2D eigenvalue weighted by Crippen LogP contribution is 2.22. The summed E-state index contributed by atoms with van der Waals surface area (Å²) >= 11 is 0. The van der Waals surface area contributed by atoms with Gasteiger partial charge in [-0.2, -0.15) is 0 Å². The molecule has 0 saturated heterocycles. The zero-order chi connectivity index (χ0) is 13.7. The Morgan fingerprint density at radius 3 is 2.78 bits per heavy atom. The van der Waals surface area contributed by atoms with E-state index in [9.17, 15) is 14.9 Å². The van der Waals surface area contributed by atoms with Crippen molar-refractivity contribution in [3.05, 3.63) is 22.2 Å². The molecule has 8 heteroatoms. The Labute approximate surface area is 104 Å². The van der Waals surface area contributed by atoms with Crippen LogP contribution in [0.4, 0.5) is 17.3 Å². The molecule has 18 heavy (non-hydrogen) atoms. The Morgan fingerprint density at radius 2 is 2.28 bits per heavy atom. The molecule has 1 rings (SSSR count). The average Bonchev–Trinajstić information content (AvgIpc) is 2.28. The van der Waals surface area contributed by atoms with E-state index in [4.69, 9.17) is 10.5 Å². The van der Waals surface area contributed by atoms with E-state index < -0.39 is 10.9 Å². The minimum absolute atomic E-state index is 0.00189. The topological polar surface area (TPSA) is 112 Å². The van der Waals surface area contributed by atoms with Crippen LogP contribution in [0.15, 0.2) is 12.1 Å². The van der Waals surface area contributed by atoms with Crippen LogP contribution in [0.1, 0.15) is 6.92 Å². The molecule has 0 atom stereocenters. The lowest BCUT2D eigenvalue weighted by molar-refractivity contribution is -0.384. The summed E-state index contributed by atoms with van der Waals surface area (Å²) in [4.78, 5) is 26.6. The van der Waals surface area contributed by atoms with Gasteiger partial charge in [0, 0.05) is 13.1 Å². The van der Waals surface area contributed by atoms with Crippen LogP contribution in [0.5, 0.6) is 0 Å². The van der Waals surface area contributed by atoms with Crippen LogP contribution in [0.25, 0.3) is 0 Å². The van der Waals surface area contributed by atoms with Crippen molar-refractivity contribution in [2.75, 3.05) is 30.8 Å². The summed E-state index contributed by atoms with van der Waals surface area (Å²) in [5.74, 6) is -0.224. The number of nitrogens with zero attached hydrogens (tertiary/aromatic N) is 3. The third kappa shape index (κ3) is 3.30. The summed E-state index contributed by atoms with van der Waals surface area (Å²) < 4.78 is 4.78. The van der Waals surface area contributed by atoms with Crippen molar-refractivity contribution in [1.82, 2.24) is 4.98 Å². The van der Waals surface area contributed by atoms with Gasteiger partial charge in [-0.15, -0.1) is 0 Å². The van der Waals surface area contributed by atoms with Gasteiger partial charge in [-0.3, -0.25) is 14.9 Å². The molecule has 0 fully saturated rings. The number of pyridine rings is 1. The first-order chi connectivity index (χ1) is 8.45. The van der Waals surface area contributed by atoms with Crippen LogP contribution in [-0.2, 0) is 9.53 Å². The first-order valence-electron chi connectivity index (χ1n) is 5.23. The van der Waals surface area contributed by atoms with E-state index in [1.54, 1.807) is 14.0 Å². The van der Waals surface area contributed by atoms with Crippen LogP contribution >= 0.6 is 0 Å². The number of anilines is 2. The van der Waals surface area contributed by atoms with Crippen molar-refractivity contribution in [2.45, 2.75) is 6.92 Å². The van der Waals surface area contributed by atoms with Gasteiger partial charge in [0.15, 0.2) is 0 Å². The van der Waals surface area contributed by atoms with Gasteiger partial charge in [0.05, 0.1) is 11.5 Å². The van der Waals surface area contributed by atoms with Crippen LogP contribution in [0, 0.1) is 10.1 Å². The largest absolute Gasteiger partial charge is 0.465 e. The van der Waals surface area contributed by atoms with E-state index in [-0.39, 0.29) is 18.1 Å². The average molecular weight is 254 g/mol. The molecule has 0 bridgehead atoms. The number of ether oxygens (including phenoxy) is 1. The number of nitrogen functional groups attached to an aromatic ring is 1. The summed E-state index contributed by atoms with van der Waals surface area (Å²) in [6.07, 6.45) is 0. The molecule has 1 aromatic rings. The second-order valence-corrected chi connectivity index (χ2v) is 3.49. The van der Waals surface area contributed by atoms with E-state index in [1.807, 2.05) is 0 Å². The molecule has 0 aliphatic heterocycles. The third-order valence-corrected chi connectivity index (χ3v) is 2.15. The van der Waals surface area contributed by atoms with Crippen molar-refractivity contribution in [3.8, 4) is 0 Å². The molecule has 0 unspecified atom stereocenters. The number of hydrogen-bond donors (Lipinski definition) is 1. The van der Waals surface area contributed by atoms with E-state index in [2.05, 4.69) is 4.98 Å². The lowest BCUT2D eigenvalue weighted by Gasteiger charge is -2.16. The molecule has 0 amide bonds. The Morgan fingerprint density at radius 1 is 1.61 bits per heavy atom. The number of carbonyl (C=O) groups is 1. The quantitative estimate of drug-likeness (QED) is 0.464. The molecule has 1 heterocycles. The van der Waals surface area contributed by atoms with Crippen molar-refractivity contribution < 1.29 is 14.5 Å². The molecule has 0 aromatic carbocycles. The van der Waals surface area contributed by atoms with Crippen molar-refractivity contribution in [1.29, 1.82) is 0 Å². The number of carbonyl (C=O) groups excluding carboxylic acids is 1. The number of nitro groups is 1. The SMILES string of the molecule is CCOC(=O)CN(C)c1ccc([N+](=O)[O-])c(N)n1. The highest BCUT2D eigenvalue weighted by molar-refractivity contribution is 5.75. The fraction of sp³-hybridized carbons (Fsp3) is 0.400. The second-order valence-electron chi connectivity index (χ2n) is 3.49. The zero-order valence-corrected chi connectivity index (χ0v) is 10.1. The first kappa shape index (κ1) is 13.7. The highest BCUT2D eigenvalue weighted by Gasteiger charge is 2.15. The number of likely N-dealkylation sites (N-methyl/N-ethyl adjacent to an activating group) is 1. The van der Waals surface area contributed by atoms with Crippen molar-refractivity contribution in [2.24, 2.45) is 0 Å². The maximum Gasteiger partial charge on any atom is 0.325 e. The summed E-state index contributed by atoms with van der Waals surface area (Å²) in [6, 6.07) is 2.67. The van der Waals surface area contributed by atoms with E-state index >= 15 is 0 Å². The molecule has 8 nitrogen and oxygen atoms in total. The molecular formula is C10H14N4O4. The molecule has 98 valence electrons. The molecule has 0 radical (unpaired) electrons. The smallest absolute Gasteiger partial charge is 0.325 e. The van der Waals surface area contributed by atoms with Gasteiger partial charge in [0.25, 0.3) is 0 Å². The van der Waals surface area contributed by atoms with E-state index in [1.165, 1.54) is 17.0 Å². The summed E-state index contributed by atoms with van der Waals surface area (Å²) in [7, 11) is 1.62. The molecule has 1 aromatic heterocycles. The predicted octanol–water partition coefficient (Wildman–Crippen LogP) is 0.571. The Bertz CT molecular complexity index is 463. The van der Waals surface area contributed by atoms with Gasteiger partial charge in [-0.25, -0.2) is 4.98 Å². The highest BCUT2D eigenvalue weighted by atomic mass is 16.6. The Balaban J connectivity index is 2.81. The Kier molecular flexibility index (Phi) is 4.41. The second kappa shape index (κ2) is 5.80. The molecule has 0 saturated carbocycles. The zero-order valence-electron chi connectivity index (χ0n) is 10.1. The van der Waals surface area contributed by atoms with Gasteiger partial charge < -0.3 is 15.4 Å². The van der Waals surface area contributed by atoms with Crippen molar-refractivity contribution in [3.63, 3.8) is 0 Å². The molecule has 0 aliphatic rings. The monoisotopic (exact) mass is 254 g/mol. The van der Waals surface area contributed by atoms with Crippen molar-refractivity contribution >= 4 is 23.3 Å². The van der Waals surface area contributed by atoms with Gasteiger partial charge in [0.1, 0.15) is 12.4 Å². The number of rotatable bonds is 5. The van der Waals surface area contributed by atoms with Gasteiger partial charge in [-0.1, -0.05) is 0 Å². The lowest BCUT2D eigenvalue weighted by atomic mass is 10.3. The fourth-order valence-electron chi connectivity index (χ4n) is 1.31. The Hall–Kier alpha value is -2.38. The third-order valence-electron chi connectivity index (χ3n) is 2.15. The molecular weight excluding hydrogens is 240 g/mol. The lowest BCUT2D eigenvalue weighted by Crippen LogP contribution is -2.28. The van der Waals surface area contributed by atoms with Crippen LogP contribution in [-0.4, -0.2) is 36.1 Å². The number of hydrogen-bond acceptors (Lipinski definition) is 7. The minimum atomic E-state index is -0.614. The first-order valence-corrected chi connectivity index (χ1v) is 5.23. The number of esters is 1. The maximum atomic E-state index is 11.3. The maximum absolute atomic E-state index is 11.3. The number of aromatic nitrogens is 1. The molecule has 0 spiro atoms. The standard InChI is InChI=1S/C10H14N4O4/c1-3-18-9(15)6-13(2)8-5-4-7(14(16)17)10(11)12-8/h4-5H,3,6H2,1-2H3,(H2,11,12). The normalized spacial score (nSPS) is 9.89. The van der Waals surface area contributed by atoms with Crippen LogP contribution in [0.2, 0.25) is 0 Å². The minimum Gasteiger partial charge on any atom is -0.465 e. The summed E-state index contributed by atoms with van der Waals surface area (Å²) in [5, 5.41) is 10.6. The van der Waals surface area contributed by atoms with E-state index in [0.717, 1.165) is 0 Å². The molecule has 0 aliphatic carbocycles. The van der Waals surface area contributed by atoms with Crippen LogP contribution in [0.3, 0.4) is 0 Å². The van der Waals surface area contributed by atoms with Crippen LogP contribution < -0.4 is 10.6 Å². The van der Waals surface area contributed by atoms with Gasteiger partial charge in [0.2, 0.25) is 5.82 Å². The number of nitrogens with two attached hydrogens (primary N) is 1. The predicted molar refractivity (Wildman–Crippen MR) is 65.2 cm³/mol. The van der Waals surface area contributed by atoms with Gasteiger partial charge >= 0.3 is 11.7 Å².